The van der Waals surface area contributed by atoms with Crippen molar-refractivity contribution in [1.82, 2.24) is 0 Å². The number of hydrogen-bond donors (Lipinski definition) is 4. The molecule has 3 aromatic carbocycles. The number of primary amides is 1. The molecule has 7 heteroatoms. The highest BCUT2D eigenvalue weighted by Crippen LogP contribution is 2.34. The fourth-order valence-corrected chi connectivity index (χ4v) is 4.63. The van der Waals surface area contributed by atoms with Crippen molar-refractivity contribution < 1.29 is 19.1 Å². The Balaban J connectivity index is 1.60. The van der Waals surface area contributed by atoms with Gasteiger partial charge in [0.25, 0.3) is 0 Å². The molecule has 0 aliphatic carbocycles. The lowest BCUT2D eigenvalue weighted by Gasteiger charge is -2.08. The van der Waals surface area contributed by atoms with Crippen molar-refractivity contribution in [3.05, 3.63) is 88.7 Å². The van der Waals surface area contributed by atoms with Crippen LogP contribution in [0.15, 0.2) is 65.1 Å². The van der Waals surface area contributed by atoms with Crippen molar-refractivity contribution in [3.63, 3.8) is 0 Å². The molecular formula is C30H33N3O4. The summed E-state index contributed by atoms with van der Waals surface area (Å²) in [5.41, 5.74) is 20.9. The van der Waals surface area contributed by atoms with E-state index in [1.807, 2.05) is 36.4 Å². The van der Waals surface area contributed by atoms with Gasteiger partial charge >= 0.3 is 0 Å². The third-order valence-corrected chi connectivity index (χ3v) is 6.59. The predicted molar refractivity (Wildman–Crippen MR) is 146 cm³/mol. The van der Waals surface area contributed by atoms with E-state index < -0.39 is 0 Å². The molecule has 37 heavy (non-hydrogen) atoms. The van der Waals surface area contributed by atoms with Gasteiger partial charge in [-0.2, -0.15) is 0 Å². The molecule has 1 aromatic heterocycles. The lowest BCUT2D eigenvalue weighted by atomic mass is 9.96. The van der Waals surface area contributed by atoms with Gasteiger partial charge in [-0.3, -0.25) is 9.59 Å². The summed E-state index contributed by atoms with van der Waals surface area (Å²) in [5.74, 6) is -0.225. The number of nitrogens with two attached hydrogens (primary N) is 3. The average Bonchev–Trinajstić information content (AvgIpc) is 3.24. The highest BCUT2D eigenvalue weighted by Gasteiger charge is 2.23. The van der Waals surface area contributed by atoms with Gasteiger partial charge in [-0.1, -0.05) is 48.9 Å². The number of furan rings is 1. The number of carbonyl (C=O) groups excluding carboxylic acids is 2. The number of hydrogen-bond acceptors (Lipinski definition) is 6. The van der Waals surface area contributed by atoms with Crippen LogP contribution in [0.4, 0.5) is 11.4 Å². The molecule has 0 atom stereocenters. The number of fused-ring (bicyclic) bond motifs is 1. The van der Waals surface area contributed by atoms with Crippen LogP contribution in [-0.4, -0.2) is 16.8 Å². The second-order valence-corrected chi connectivity index (χ2v) is 9.43. The van der Waals surface area contributed by atoms with E-state index in [1.54, 1.807) is 0 Å². The number of amides is 1. The molecular weight excluding hydrogens is 466 g/mol. The maximum atomic E-state index is 13.6. The Bertz CT molecular complexity index is 1390. The molecule has 0 unspecified atom stereocenters. The minimum absolute atomic E-state index is 0.0462. The molecule has 1 amide bonds. The van der Waals surface area contributed by atoms with Gasteiger partial charge < -0.3 is 26.7 Å². The highest BCUT2D eigenvalue weighted by molar-refractivity contribution is 6.17. The van der Waals surface area contributed by atoms with E-state index in [2.05, 4.69) is 12.1 Å². The monoisotopic (exact) mass is 499 g/mol. The number of anilines is 2. The second-order valence-electron chi connectivity index (χ2n) is 9.43. The van der Waals surface area contributed by atoms with Crippen LogP contribution in [-0.2, 0) is 24.1 Å². The van der Waals surface area contributed by atoms with E-state index in [4.69, 9.17) is 21.6 Å². The largest absolute Gasteiger partial charge is 0.504 e. The number of nitrogen functional groups attached to an aromatic ring is 2. The summed E-state index contributed by atoms with van der Waals surface area (Å²) in [6, 6.07) is 19.2. The minimum Gasteiger partial charge on any atom is -0.504 e. The molecule has 0 spiro atoms. The molecule has 0 saturated heterocycles. The molecule has 4 rings (SSSR count). The first-order valence-corrected chi connectivity index (χ1v) is 12.6. The van der Waals surface area contributed by atoms with Gasteiger partial charge in [-0.15, -0.1) is 0 Å². The average molecular weight is 500 g/mol. The Kier molecular flexibility index (Phi) is 8.13. The summed E-state index contributed by atoms with van der Waals surface area (Å²) in [5, 5.41) is 10.7. The van der Waals surface area contributed by atoms with Gasteiger partial charge in [0.2, 0.25) is 5.91 Å². The number of rotatable bonds is 12. The van der Waals surface area contributed by atoms with Gasteiger partial charge in [0, 0.05) is 23.8 Å². The summed E-state index contributed by atoms with van der Waals surface area (Å²) in [6.45, 7) is 0. The first-order valence-electron chi connectivity index (χ1n) is 12.6. The Hall–Kier alpha value is -4.26. The standard InChI is InChI=1S/C30H33N3O4/c31-23-17-21(18-24(32)30(23)36)29(35)28-22-15-14-20(11-7-10-19-8-3-1-4-9-19)16-26(22)37-25(28)12-5-2-6-13-27(33)34/h1,3-4,8-9,14-18,36H,2,5-7,10-13,31-32H2,(H2,33,34). The zero-order valence-corrected chi connectivity index (χ0v) is 20.8. The SMILES string of the molecule is NC(=O)CCCCCc1oc2cc(CCCc3ccccc3)ccc2c1C(=O)c1cc(N)c(O)c(N)c1. The van der Waals surface area contributed by atoms with E-state index in [0.717, 1.165) is 43.1 Å². The third-order valence-electron chi connectivity index (χ3n) is 6.59. The summed E-state index contributed by atoms with van der Waals surface area (Å²) in [4.78, 5) is 24.7. The number of phenolic OH excluding ortho intramolecular Hbond substituents is 1. The number of unbranched alkanes of at least 4 members (excludes halogenated alkanes) is 2. The lowest BCUT2D eigenvalue weighted by molar-refractivity contribution is -0.118. The fraction of sp³-hybridized carbons (Fsp3) is 0.267. The quantitative estimate of drug-likeness (QED) is 0.0901. The van der Waals surface area contributed by atoms with Crippen LogP contribution in [0, 0.1) is 0 Å². The molecule has 192 valence electrons. The first-order chi connectivity index (χ1) is 17.8. The summed E-state index contributed by atoms with van der Waals surface area (Å²) in [7, 11) is 0. The van der Waals surface area contributed by atoms with Crippen LogP contribution in [0.1, 0.15) is 64.9 Å². The Morgan fingerprint density at radius 2 is 1.49 bits per heavy atom. The van der Waals surface area contributed by atoms with Gasteiger partial charge in [0.1, 0.15) is 11.3 Å². The van der Waals surface area contributed by atoms with Gasteiger partial charge in [-0.25, -0.2) is 0 Å². The predicted octanol–water partition coefficient (Wildman–Crippen LogP) is 5.30. The molecule has 7 N–H and O–H groups in total. The topological polar surface area (TPSA) is 146 Å². The van der Waals surface area contributed by atoms with Crippen molar-refractivity contribution in [3.8, 4) is 5.75 Å². The normalized spacial score (nSPS) is 11.1. The van der Waals surface area contributed by atoms with E-state index >= 15 is 0 Å². The molecule has 0 aliphatic heterocycles. The molecule has 0 radical (unpaired) electrons. The second kappa shape index (κ2) is 11.6. The summed E-state index contributed by atoms with van der Waals surface area (Å²) < 4.78 is 6.23. The van der Waals surface area contributed by atoms with E-state index in [0.29, 0.717) is 36.2 Å². The number of ketones is 1. The summed E-state index contributed by atoms with van der Waals surface area (Å²) in [6.07, 6.45) is 5.99. The van der Waals surface area contributed by atoms with Crippen LogP contribution in [0.5, 0.6) is 5.75 Å². The Morgan fingerprint density at radius 3 is 2.19 bits per heavy atom. The van der Waals surface area contributed by atoms with Gasteiger partial charge in [0.05, 0.1) is 16.9 Å². The van der Waals surface area contributed by atoms with Crippen LogP contribution in [0.3, 0.4) is 0 Å². The molecule has 4 aromatic rings. The zero-order valence-electron chi connectivity index (χ0n) is 20.8. The fourth-order valence-electron chi connectivity index (χ4n) is 4.63. The van der Waals surface area contributed by atoms with E-state index in [1.165, 1.54) is 17.7 Å². The lowest BCUT2D eigenvalue weighted by Crippen LogP contribution is -2.09. The van der Waals surface area contributed by atoms with Crippen molar-refractivity contribution in [2.24, 2.45) is 5.73 Å². The summed E-state index contributed by atoms with van der Waals surface area (Å²) >= 11 is 0. The number of phenols is 1. The number of aryl methyl sites for hydroxylation is 3. The zero-order chi connectivity index (χ0) is 26.4. The van der Waals surface area contributed by atoms with E-state index in [-0.39, 0.29) is 34.4 Å². The Morgan fingerprint density at radius 1 is 0.784 bits per heavy atom. The first kappa shape index (κ1) is 25.8. The van der Waals surface area contributed by atoms with Crippen LogP contribution < -0.4 is 17.2 Å². The minimum atomic E-state index is -0.318. The smallest absolute Gasteiger partial charge is 0.217 e. The molecule has 0 saturated carbocycles. The van der Waals surface area contributed by atoms with Crippen molar-refractivity contribution in [2.75, 3.05) is 11.5 Å². The highest BCUT2D eigenvalue weighted by atomic mass is 16.3. The maximum Gasteiger partial charge on any atom is 0.217 e. The van der Waals surface area contributed by atoms with Crippen LogP contribution in [0.25, 0.3) is 11.0 Å². The number of benzene rings is 3. The van der Waals surface area contributed by atoms with Crippen LogP contribution >= 0.6 is 0 Å². The Labute approximate surface area is 216 Å². The van der Waals surface area contributed by atoms with Gasteiger partial charge in [-0.05, 0) is 61.4 Å². The van der Waals surface area contributed by atoms with Crippen molar-refractivity contribution in [1.29, 1.82) is 0 Å². The third kappa shape index (κ3) is 6.30. The van der Waals surface area contributed by atoms with E-state index in [9.17, 15) is 14.7 Å². The van der Waals surface area contributed by atoms with Crippen LogP contribution in [0.2, 0.25) is 0 Å². The molecule has 0 fully saturated rings. The molecule has 7 nitrogen and oxygen atoms in total. The van der Waals surface area contributed by atoms with Gasteiger partial charge in [0.15, 0.2) is 11.5 Å². The molecule has 0 aliphatic rings. The number of carbonyl (C=O) groups is 2. The molecule has 0 bridgehead atoms. The maximum absolute atomic E-state index is 13.6. The van der Waals surface area contributed by atoms with Crippen molar-refractivity contribution in [2.45, 2.75) is 51.4 Å². The molecule has 1 heterocycles. The number of aromatic hydroxyl groups is 1. The van der Waals surface area contributed by atoms with Crippen molar-refractivity contribution >= 4 is 34.0 Å².